The molecule has 0 fully saturated rings. The van der Waals surface area contributed by atoms with Gasteiger partial charge in [0.2, 0.25) is 0 Å². The predicted molar refractivity (Wildman–Crippen MR) is 51.9 cm³/mol. The standard InChI is InChI=1S/C9H18N2O2/c1-3-4-5-9(11-10)8-13-7-6-12-2/h1,9,11H,4-8,10H2,2H3. The van der Waals surface area contributed by atoms with Gasteiger partial charge >= 0.3 is 0 Å². The third kappa shape index (κ3) is 7.75. The average molecular weight is 186 g/mol. The molecule has 0 aromatic heterocycles. The molecule has 1 unspecified atom stereocenters. The first kappa shape index (κ1) is 12.4. The van der Waals surface area contributed by atoms with Crippen LogP contribution in [0.4, 0.5) is 0 Å². The highest BCUT2D eigenvalue weighted by Crippen LogP contribution is 1.95. The summed E-state index contributed by atoms with van der Waals surface area (Å²) in [5.41, 5.74) is 2.65. The van der Waals surface area contributed by atoms with E-state index in [2.05, 4.69) is 11.3 Å². The van der Waals surface area contributed by atoms with Crippen molar-refractivity contribution in [1.82, 2.24) is 5.43 Å². The van der Waals surface area contributed by atoms with E-state index in [1.54, 1.807) is 7.11 Å². The zero-order valence-electron chi connectivity index (χ0n) is 8.08. The van der Waals surface area contributed by atoms with Crippen LogP contribution in [-0.2, 0) is 9.47 Å². The number of methoxy groups -OCH3 is 1. The Hall–Kier alpha value is -0.600. The molecule has 4 heteroatoms. The van der Waals surface area contributed by atoms with Gasteiger partial charge in [-0.15, -0.1) is 12.3 Å². The van der Waals surface area contributed by atoms with Crippen molar-refractivity contribution in [2.24, 2.45) is 5.84 Å². The van der Waals surface area contributed by atoms with Crippen LogP contribution in [0.1, 0.15) is 12.8 Å². The van der Waals surface area contributed by atoms with Gasteiger partial charge in [0.15, 0.2) is 0 Å². The lowest BCUT2D eigenvalue weighted by molar-refractivity contribution is 0.0577. The van der Waals surface area contributed by atoms with Crippen molar-refractivity contribution in [2.75, 3.05) is 26.9 Å². The van der Waals surface area contributed by atoms with E-state index in [0.29, 0.717) is 26.2 Å². The lowest BCUT2D eigenvalue weighted by Crippen LogP contribution is -2.38. The van der Waals surface area contributed by atoms with Crippen LogP contribution in [0.2, 0.25) is 0 Å². The molecular formula is C9H18N2O2. The van der Waals surface area contributed by atoms with Crippen molar-refractivity contribution in [3.8, 4) is 12.3 Å². The van der Waals surface area contributed by atoms with Gasteiger partial charge in [0.05, 0.1) is 19.8 Å². The third-order valence-corrected chi connectivity index (χ3v) is 1.62. The van der Waals surface area contributed by atoms with E-state index >= 15 is 0 Å². The number of rotatable bonds is 8. The van der Waals surface area contributed by atoms with Gasteiger partial charge in [-0.25, -0.2) is 0 Å². The summed E-state index contributed by atoms with van der Waals surface area (Å²) >= 11 is 0. The van der Waals surface area contributed by atoms with Crippen LogP contribution in [0.3, 0.4) is 0 Å². The number of ether oxygens (including phenoxy) is 2. The summed E-state index contributed by atoms with van der Waals surface area (Å²) < 4.78 is 10.1. The molecule has 0 aromatic carbocycles. The van der Waals surface area contributed by atoms with Crippen LogP contribution in [0.5, 0.6) is 0 Å². The van der Waals surface area contributed by atoms with Gasteiger partial charge in [0, 0.05) is 19.6 Å². The molecule has 1 atom stereocenters. The van der Waals surface area contributed by atoms with Gasteiger partial charge < -0.3 is 9.47 Å². The van der Waals surface area contributed by atoms with Crippen molar-refractivity contribution in [3.05, 3.63) is 0 Å². The summed E-state index contributed by atoms with van der Waals surface area (Å²) in [7, 11) is 1.64. The number of hydrogen-bond acceptors (Lipinski definition) is 4. The lowest BCUT2D eigenvalue weighted by Gasteiger charge is -2.14. The Morgan fingerprint density at radius 1 is 1.54 bits per heavy atom. The Morgan fingerprint density at radius 3 is 2.85 bits per heavy atom. The van der Waals surface area contributed by atoms with Gasteiger partial charge in [-0.1, -0.05) is 0 Å². The number of terminal acetylenes is 1. The van der Waals surface area contributed by atoms with Crippen molar-refractivity contribution in [1.29, 1.82) is 0 Å². The van der Waals surface area contributed by atoms with Crippen LogP contribution in [-0.4, -0.2) is 33.0 Å². The van der Waals surface area contributed by atoms with Crippen LogP contribution in [0.15, 0.2) is 0 Å². The highest BCUT2D eigenvalue weighted by atomic mass is 16.5. The van der Waals surface area contributed by atoms with E-state index in [4.69, 9.17) is 21.7 Å². The molecule has 0 saturated carbocycles. The normalized spacial score (nSPS) is 12.4. The maximum absolute atomic E-state index is 5.30. The lowest BCUT2D eigenvalue weighted by atomic mass is 10.2. The van der Waals surface area contributed by atoms with E-state index in [9.17, 15) is 0 Å². The SMILES string of the molecule is C#CCCC(COCCOC)NN. The summed E-state index contributed by atoms with van der Waals surface area (Å²) in [6, 6.07) is 0.132. The Balaban J connectivity index is 3.32. The Kier molecular flexibility index (Phi) is 9.05. The molecule has 0 aliphatic heterocycles. The molecule has 4 nitrogen and oxygen atoms in total. The predicted octanol–water partition coefficient (Wildman–Crippen LogP) is -0.105. The van der Waals surface area contributed by atoms with E-state index in [-0.39, 0.29) is 6.04 Å². The van der Waals surface area contributed by atoms with E-state index < -0.39 is 0 Å². The highest BCUT2D eigenvalue weighted by Gasteiger charge is 2.04. The maximum atomic E-state index is 5.30. The molecule has 0 aliphatic carbocycles. The number of hydrogen-bond donors (Lipinski definition) is 2. The Labute approximate surface area is 79.7 Å². The van der Waals surface area contributed by atoms with Crippen LogP contribution in [0.25, 0.3) is 0 Å². The summed E-state index contributed by atoms with van der Waals surface area (Å²) in [6.45, 7) is 1.76. The maximum Gasteiger partial charge on any atom is 0.0701 e. The summed E-state index contributed by atoms with van der Waals surface area (Å²) in [4.78, 5) is 0. The fourth-order valence-corrected chi connectivity index (χ4v) is 0.840. The molecule has 0 rings (SSSR count). The van der Waals surface area contributed by atoms with Gasteiger partial charge in [0.25, 0.3) is 0 Å². The van der Waals surface area contributed by atoms with Gasteiger partial charge in [-0.2, -0.15) is 0 Å². The van der Waals surface area contributed by atoms with E-state index in [1.807, 2.05) is 0 Å². The fourth-order valence-electron chi connectivity index (χ4n) is 0.840. The molecule has 0 amide bonds. The quantitative estimate of drug-likeness (QED) is 0.240. The molecule has 76 valence electrons. The van der Waals surface area contributed by atoms with Gasteiger partial charge in [0.1, 0.15) is 0 Å². The minimum absolute atomic E-state index is 0.132. The van der Waals surface area contributed by atoms with Crippen molar-refractivity contribution >= 4 is 0 Å². The van der Waals surface area contributed by atoms with E-state index in [0.717, 1.165) is 6.42 Å². The smallest absolute Gasteiger partial charge is 0.0701 e. The molecule has 0 aliphatic rings. The second kappa shape index (κ2) is 9.49. The van der Waals surface area contributed by atoms with Gasteiger partial charge in [-0.05, 0) is 6.42 Å². The molecule has 0 heterocycles. The van der Waals surface area contributed by atoms with Crippen LogP contribution < -0.4 is 11.3 Å². The third-order valence-electron chi connectivity index (χ3n) is 1.62. The number of nitrogens with one attached hydrogen (secondary N) is 1. The largest absolute Gasteiger partial charge is 0.382 e. The first-order valence-corrected chi connectivity index (χ1v) is 4.31. The Morgan fingerprint density at radius 2 is 2.31 bits per heavy atom. The van der Waals surface area contributed by atoms with Crippen LogP contribution in [0, 0.1) is 12.3 Å². The van der Waals surface area contributed by atoms with E-state index in [1.165, 1.54) is 0 Å². The molecule has 0 saturated heterocycles. The minimum atomic E-state index is 0.132. The second-order valence-corrected chi connectivity index (χ2v) is 2.67. The number of hydrazine groups is 1. The molecule has 3 N–H and O–H groups in total. The van der Waals surface area contributed by atoms with Crippen molar-refractivity contribution in [3.63, 3.8) is 0 Å². The minimum Gasteiger partial charge on any atom is -0.382 e. The number of nitrogens with two attached hydrogens (primary N) is 1. The first-order chi connectivity index (χ1) is 6.35. The first-order valence-electron chi connectivity index (χ1n) is 4.31. The highest BCUT2D eigenvalue weighted by molar-refractivity contribution is 4.85. The Bertz CT molecular complexity index is 145. The monoisotopic (exact) mass is 186 g/mol. The summed E-state index contributed by atoms with van der Waals surface area (Å²) in [5, 5.41) is 0. The second-order valence-electron chi connectivity index (χ2n) is 2.67. The molecular weight excluding hydrogens is 168 g/mol. The summed E-state index contributed by atoms with van der Waals surface area (Å²) in [6.07, 6.45) is 6.67. The van der Waals surface area contributed by atoms with Crippen LogP contribution >= 0.6 is 0 Å². The summed E-state index contributed by atoms with van der Waals surface area (Å²) in [5.74, 6) is 7.86. The molecule has 0 bridgehead atoms. The van der Waals surface area contributed by atoms with Gasteiger partial charge in [-0.3, -0.25) is 11.3 Å². The zero-order chi connectivity index (χ0) is 9.94. The van der Waals surface area contributed by atoms with Crippen molar-refractivity contribution < 1.29 is 9.47 Å². The fraction of sp³-hybridized carbons (Fsp3) is 0.778. The van der Waals surface area contributed by atoms with Crippen molar-refractivity contribution in [2.45, 2.75) is 18.9 Å². The molecule has 0 radical (unpaired) electrons. The molecule has 0 spiro atoms. The molecule has 0 aromatic rings. The topological polar surface area (TPSA) is 56.5 Å². The molecule has 13 heavy (non-hydrogen) atoms. The average Bonchev–Trinajstić information content (AvgIpc) is 2.17. The zero-order valence-corrected chi connectivity index (χ0v) is 8.08.